The first-order valence-corrected chi connectivity index (χ1v) is 9.27. The molecule has 2 aromatic carbocycles. The van der Waals surface area contributed by atoms with Crippen molar-refractivity contribution in [1.29, 1.82) is 0 Å². The van der Waals surface area contributed by atoms with Crippen LogP contribution in [0, 0.1) is 0 Å². The van der Waals surface area contributed by atoms with E-state index in [0.29, 0.717) is 26.7 Å². The second-order valence-corrected chi connectivity index (χ2v) is 7.50. The summed E-state index contributed by atoms with van der Waals surface area (Å²) in [5.41, 5.74) is 4.75. The number of benzene rings is 2. The minimum absolute atomic E-state index is 0. The van der Waals surface area contributed by atoms with E-state index < -0.39 is 11.7 Å². The first kappa shape index (κ1) is 31.2. The molecule has 6 nitrogen and oxygen atoms in total. The van der Waals surface area contributed by atoms with Crippen molar-refractivity contribution in [3.63, 3.8) is 0 Å². The summed E-state index contributed by atoms with van der Waals surface area (Å²) in [6.07, 6.45) is 1.57. The van der Waals surface area contributed by atoms with Crippen molar-refractivity contribution >= 4 is 103 Å². The van der Waals surface area contributed by atoms with Gasteiger partial charge in [0.1, 0.15) is 5.75 Å². The molecule has 0 spiro atoms. The van der Waals surface area contributed by atoms with Gasteiger partial charge in [0.05, 0.1) is 10.0 Å². The summed E-state index contributed by atoms with van der Waals surface area (Å²) in [7, 11) is 0. The van der Waals surface area contributed by atoms with Crippen molar-refractivity contribution < 1.29 is 58.0 Å². The molecular formula is C20H10Br2HgNa2O6. The fourth-order valence-electron chi connectivity index (χ4n) is 3.00. The van der Waals surface area contributed by atoms with Crippen molar-refractivity contribution in [3.05, 3.63) is 90.9 Å². The van der Waals surface area contributed by atoms with Crippen LogP contribution >= 0.6 is 31.9 Å². The van der Waals surface area contributed by atoms with Gasteiger partial charge in [0, 0.05) is 80.3 Å². The smallest absolute Gasteiger partial charge is 0.872 e. The van der Waals surface area contributed by atoms with Crippen LogP contribution in [0.25, 0.3) is 5.57 Å². The zero-order valence-corrected chi connectivity index (χ0v) is 29.3. The standard InChI is InChI=1S/C20H9Br2O5.Hg.2Na.H2O/c21-13-5-11-17(7-15(13)23)27-18-8-16(24)14(22)6-12(18)19(11)9-3-1-2-4-10(9)20(25)26;;;;/h1-7,23H,(H,25,26);;;;1H2/q;+1;;;/p-1. The van der Waals surface area contributed by atoms with Crippen LogP contribution < -0.4 is 9.84 Å². The maximum atomic E-state index is 12.0. The van der Waals surface area contributed by atoms with Crippen LogP contribution in [0.5, 0.6) is 11.5 Å². The predicted molar refractivity (Wildman–Crippen MR) is 117 cm³/mol. The molecule has 3 N–H and O–H groups in total. The number of ether oxygens (including phenoxy) is 1. The maximum absolute atomic E-state index is 12.0. The molecule has 0 bridgehead atoms. The van der Waals surface area contributed by atoms with Crippen LogP contribution in [0.4, 0.5) is 0 Å². The van der Waals surface area contributed by atoms with Crippen molar-refractivity contribution in [2.75, 3.05) is 0 Å². The number of hydrogen-bond donors (Lipinski definition) is 1. The number of halogens is 2. The van der Waals surface area contributed by atoms with Gasteiger partial charge in [0.15, 0.2) is 5.76 Å². The minimum atomic E-state index is -1.09. The van der Waals surface area contributed by atoms with Crippen LogP contribution in [-0.4, -0.2) is 75.7 Å². The van der Waals surface area contributed by atoms with Crippen LogP contribution in [0.1, 0.15) is 21.5 Å². The van der Waals surface area contributed by atoms with Crippen molar-refractivity contribution in [3.8, 4) is 11.5 Å². The Bertz CT molecular complexity index is 1170. The number of rotatable bonds is 2. The summed E-state index contributed by atoms with van der Waals surface area (Å²) in [5, 5.41) is 33.6. The number of hydrogen-bond acceptors (Lipinski definition) is 3. The average Bonchev–Trinajstić information content (AvgIpc) is 2.63. The summed E-state index contributed by atoms with van der Waals surface area (Å²) in [6, 6.07) is 9.42. The van der Waals surface area contributed by atoms with Gasteiger partial charge < -0.3 is 20.4 Å². The third-order valence-electron chi connectivity index (χ3n) is 4.17. The largest absolute Gasteiger partial charge is 1.00 e. The molecule has 0 aromatic heterocycles. The Morgan fingerprint density at radius 2 is 1.74 bits per heavy atom. The summed E-state index contributed by atoms with van der Waals surface area (Å²) >= 11 is 6.42. The molecule has 0 saturated carbocycles. The van der Waals surface area contributed by atoms with Crippen LogP contribution in [-0.2, 0) is 32.8 Å². The summed E-state index contributed by atoms with van der Waals surface area (Å²) < 4.78 is 6.33. The van der Waals surface area contributed by atoms with E-state index in [2.05, 4.69) is 37.6 Å². The van der Waals surface area contributed by atoms with E-state index in [1.807, 2.05) is 0 Å². The molecule has 0 unspecified atom stereocenters. The monoisotopic (exact) mass is 752 g/mol. The van der Waals surface area contributed by atoms with E-state index in [9.17, 15) is 20.1 Å². The number of fused-ring (bicyclic) bond motifs is 2. The molecule has 0 amide bonds. The average molecular weight is 753 g/mol. The molecule has 4 rings (SSSR count). The topological polar surface area (TPSA) is 121 Å². The molecule has 0 atom stereocenters. The van der Waals surface area contributed by atoms with Crippen molar-refractivity contribution in [2.45, 2.75) is 0 Å². The molecule has 2 aliphatic rings. The van der Waals surface area contributed by atoms with Gasteiger partial charge in [-0.05, 0) is 51.5 Å². The normalized spacial score (nSPS) is 13.2. The third-order valence-corrected chi connectivity index (χ3v) is 5.38. The predicted octanol–water partition coefficient (Wildman–Crippen LogP) is 2.92. The number of aromatic carboxylic acids is 1. The molecule has 1 aliphatic heterocycles. The molecule has 11 heteroatoms. The molecule has 31 heavy (non-hydrogen) atoms. The van der Waals surface area contributed by atoms with Gasteiger partial charge in [-0.15, -0.1) is 0 Å². The van der Waals surface area contributed by atoms with Gasteiger partial charge >= 0.3 is 33.6 Å². The second-order valence-electron chi connectivity index (χ2n) is 5.80. The van der Waals surface area contributed by atoms with Crippen LogP contribution in [0.15, 0.2) is 74.3 Å². The quantitative estimate of drug-likeness (QED) is 0.375. The third kappa shape index (κ3) is 6.00. The van der Waals surface area contributed by atoms with Crippen LogP contribution in [0.2, 0.25) is 0 Å². The number of carboxylic acids is 1. The van der Waals surface area contributed by atoms with E-state index >= 15 is 0 Å². The Hall–Kier alpha value is 0.165. The van der Waals surface area contributed by atoms with Gasteiger partial charge in [0.2, 0.25) is 5.76 Å². The fourth-order valence-corrected chi connectivity index (χ4v) is 3.67. The first-order valence-electron chi connectivity index (χ1n) is 7.68. The number of carbonyl (C=O) groups is 1. The molecular weight excluding hydrogens is 743 g/mol. The van der Waals surface area contributed by atoms with E-state index in [1.165, 1.54) is 12.1 Å². The minimum Gasteiger partial charge on any atom is -0.872 e. The molecule has 2 aromatic rings. The van der Waals surface area contributed by atoms with Crippen LogP contribution in [0.3, 0.4) is 0 Å². The molecule has 4 radical (unpaired) electrons. The maximum Gasteiger partial charge on any atom is 1.00 e. The Kier molecular flexibility index (Phi) is 12.6. The van der Waals surface area contributed by atoms with E-state index in [4.69, 9.17) is 4.74 Å². The second kappa shape index (κ2) is 12.6. The SMILES string of the molecule is O.[Hg+].[Na].[Na].[O]C1=C=C2Oc3cc([O-])c(Br)cc3C(c3ccccc3C(=O)O)=C2C=C1Br. The molecule has 0 fully saturated rings. The van der Waals surface area contributed by atoms with E-state index in [-0.39, 0.29) is 120 Å². The number of allylic oxidation sites excluding steroid dienone is 1. The molecule has 1 heterocycles. The van der Waals surface area contributed by atoms with Gasteiger partial charge in [-0.3, -0.25) is 5.11 Å². The van der Waals surface area contributed by atoms with E-state index in [0.717, 1.165) is 0 Å². The summed E-state index contributed by atoms with van der Waals surface area (Å²) in [4.78, 5) is 11.8. The van der Waals surface area contributed by atoms with Gasteiger partial charge in [-0.1, -0.05) is 39.9 Å². The molecule has 144 valence electrons. The van der Waals surface area contributed by atoms with E-state index in [1.54, 1.807) is 30.3 Å². The van der Waals surface area contributed by atoms with Crippen molar-refractivity contribution in [1.82, 2.24) is 0 Å². The Morgan fingerprint density at radius 3 is 2.39 bits per heavy atom. The number of carboxylic acid groups (broad SMARTS) is 1. The Balaban J connectivity index is 0.00000225. The summed E-state index contributed by atoms with van der Waals surface area (Å²) in [6.45, 7) is 0. The van der Waals surface area contributed by atoms with Crippen molar-refractivity contribution in [2.24, 2.45) is 0 Å². The molecule has 0 saturated heterocycles. The summed E-state index contributed by atoms with van der Waals surface area (Å²) in [5.74, 6) is -1.39. The Labute approximate surface area is 259 Å². The zero-order valence-electron chi connectivity index (χ0n) is 16.6. The fraction of sp³-hybridized carbons (Fsp3) is 0. The first-order chi connectivity index (χ1) is 12.9. The van der Waals surface area contributed by atoms with Gasteiger partial charge in [-0.25, -0.2) is 4.79 Å². The Morgan fingerprint density at radius 1 is 1.10 bits per heavy atom. The molecule has 1 aliphatic carbocycles. The van der Waals surface area contributed by atoms with Gasteiger partial charge in [0.25, 0.3) is 0 Å². The zero-order chi connectivity index (χ0) is 19.3. The van der Waals surface area contributed by atoms with Gasteiger partial charge in [-0.2, -0.15) is 0 Å².